The fourth-order valence-electron chi connectivity index (χ4n) is 1.05. The number of rotatable bonds is 7. The Balaban J connectivity index is 2.13. The molecular weight excluding hydrogens is 256 g/mol. The van der Waals surface area contributed by atoms with Crippen molar-refractivity contribution in [3.8, 4) is 0 Å². The molecule has 1 aromatic carbocycles. The molecule has 0 amide bonds. The molecule has 0 aromatic heterocycles. The predicted octanol–water partition coefficient (Wildman–Crippen LogP) is 1.88. The van der Waals surface area contributed by atoms with Gasteiger partial charge < -0.3 is 9.47 Å². The number of ether oxygens (including phenoxy) is 2. The van der Waals surface area contributed by atoms with Crippen LogP contribution in [0.5, 0.6) is 0 Å². The lowest BCUT2D eigenvalue weighted by atomic mass is 10.2. The van der Waals surface area contributed by atoms with Crippen LogP contribution in [0.3, 0.4) is 0 Å². The van der Waals surface area contributed by atoms with E-state index in [4.69, 9.17) is 4.74 Å². The summed E-state index contributed by atoms with van der Waals surface area (Å²) in [5.41, 5.74) is 0.260. The topological polar surface area (TPSA) is 80.3 Å². The van der Waals surface area contributed by atoms with E-state index in [0.717, 1.165) is 0 Å². The molecule has 0 saturated heterocycles. The van der Waals surface area contributed by atoms with Gasteiger partial charge in [0.15, 0.2) is 0 Å². The van der Waals surface area contributed by atoms with Crippen LogP contribution in [-0.4, -0.2) is 31.9 Å². The van der Waals surface area contributed by atoms with Gasteiger partial charge in [0.25, 0.3) is 0 Å². The molecule has 104 valence electrons. The first-order chi connectivity index (χ1) is 9.24. The van der Waals surface area contributed by atoms with E-state index in [0.29, 0.717) is 6.61 Å². The monoisotopic (exact) mass is 270 g/mol. The van der Waals surface area contributed by atoms with Crippen LogP contribution in [0.15, 0.2) is 30.3 Å². The first-order valence-electron chi connectivity index (χ1n) is 5.59. The summed E-state index contributed by atoms with van der Waals surface area (Å²) in [5, 5.41) is 4.00. The highest BCUT2D eigenvalue weighted by Gasteiger charge is 2.11. The number of carbonyl (C=O) groups excluding carboxylic acids is 2. The Morgan fingerprint density at radius 3 is 2.47 bits per heavy atom. The molecule has 0 N–H and O–H groups in total. The van der Waals surface area contributed by atoms with E-state index in [2.05, 4.69) is 19.6 Å². The molecule has 0 heterocycles. The van der Waals surface area contributed by atoms with Crippen molar-refractivity contribution in [2.45, 2.75) is 6.92 Å². The molecule has 0 aliphatic heterocycles. The van der Waals surface area contributed by atoms with E-state index in [1.165, 1.54) is 12.1 Å². The van der Waals surface area contributed by atoms with Crippen LogP contribution in [0.25, 0.3) is 0 Å². The van der Waals surface area contributed by atoms with E-state index >= 15 is 0 Å². The Morgan fingerprint density at radius 1 is 1.05 bits per heavy atom. The van der Waals surface area contributed by atoms with Gasteiger partial charge in [-0.1, -0.05) is 18.2 Å². The zero-order valence-corrected chi connectivity index (χ0v) is 10.4. The summed E-state index contributed by atoms with van der Waals surface area (Å²) in [6, 6.07) is 8.08. The van der Waals surface area contributed by atoms with E-state index in [1.807, 2.05) is 6.92 Å². The number of benzene rings is 1. The van der Waals surface area contributed by atoms with Crippen molar-refractivity contribution >= 4 is 12.1 Å². The second-order valence-electron chi connectivity index (χ2n) is 3.18. The highest BCUT2D eigenvalue weighted by molar-refractivity contribution is 5.88. The lowest BCUT2D eigenvalue weighted by Crippen LogP contribution is -2.14. The molecule has 0 radical (unpaired) electrons. The molecule has 19 heavy (non-hydrogen) atoms. The quantitative estimate of drug-likeness (QED) is 0.324. The van der Waals surface area contributed by atoms with Gasteiger partial charge >= 0.3 is 12.1 Å². The normalized spacial score (nSPS) is 9.74. The predicted molar refractivity (Wildman–Crippen MR) is 61.9 cm³/mol. The van der Waals surface area contributed by atoms with Gasteiger partial charge in [0, 0.05) is 6.61 Å². The van der Waals surface area contributed by atoms with Gasteiger partial charge in [-0.15, -0.1) is 0 Å². The molecule has 0 unspecified atom stereocenters. The van der Waals surface area contributed by atoms with Crippen molar-refractivity contribution in [2.75, 3.05) is 19.8 Å². The van der Waals surface area contributed by atoms with Crippen LogP contribution in [0.4, 0.5) is 4.79 Å². The summed E-state index contributed by atoms with van der Waals surface area (Å²) in [6.45, 7) is 2.59. The van der Waals surface area contributed by atoms with Gasteiger partial charge in [-0.05, 0) is 19.1 Å². The Labute approximate surface area is 109 Å². The van der Waals surface area contributed by atoms with E-state index in [-0.39, 0.29) is 18.8 Å². The second-order valence-corrected chi connectivity index (χ2v) is 3.18. The molecule has 0 aliphatic carbocycles. The average molecular weight is 270 g/mol. The first kappa shape index (κ1) is 14.9. The van der Waals surface area contributed by atoms with Gasteiger partial charge in [0.1, 0.15) is 6.61 Å². The fourth-order valence-corrected chi connectivity index (χ4v) is 1.05. The Kier molecular flexibility index (Phi) is 7.00. The molecule has 0 fully saturated rings. The van der Waals surface area contributed by atoms with Gasteiger partial charge in [-0.3, -0.25) is 4.89 Å². The van der Waals surface area contributed by atoms with Crippen LogP contribution in [0.1, 0.15) is 17.3 Å². The molecule has 1 aromatic rings. The second kappa shape index (κ2) is 8.90. The third kappa shape index (κ3) is 6.39. The smallest absolute Gasteiger partial charge is 0.430 e. The summed E-state index contributed by atoms with van der Waals surface area (Å²) >= 11 is 0. The van der Waals surface area contributed by atoms with Gasteiger partial charge in [-0.25, -0.2) is 14.5 Å². The van der Waals surface area contributed by atoms with Crippen LogP contribution in [0, 0.1) is 0 Å². The molecule has 7 heteroatoms. The third-order valence-electron chi connectivity index (χ3n) is 1.87. The van der Waals surface area contributed by atoms with Crippen molar-refractivity contribution in [1.82, 2.24) is 0 Å². The van der Waals surface area contributed by atoms with Crippen LogP contribution >= 0.6 is 0 Å². The van der Waals surface area contributed by atoms with Gasteiger partial charge in [0.2, 0.25) is 0 Å². The van der Waals surface area contributed by atoms with Crippen LogP contribution in [-0.2, 0) is 24.3 Å². The van der Waals surface area contributed by atoms with E-state index in [1.54, 1.807) is 18.2 Å². The molecule has 0 atom stereocenters. The first-order valence-corrected chi connectivity index (χ1v) is 5.59. The van der Waals surface area contributed by atoms with Crippen molar-refractivity contribution in [2.24, 2.45) is 0 Å². The molecule has 1 rings (SSSR count). The molecule has 0 saturated carbocycles. The Bertz CT molecular complexity index is 390. The van der Waals surface area contributed by atoms with E-state index < -0.39 is 12.1 Å². The molecule has 0 aliphatic rings. The van der Waals surface area contributed by atoms with Crippen molar-refractivity contribution < 1.29 is 33.9 Å². The van der Waals surface area contributed by atoms with E-state index in [9.17, 15) is 9.59 Å². The maximum Gasteiger partial charge on any atom is 0.543 e. The van der Waals surface area contributed by atoms with Crippen molar-refractivity contribution in [1.29, 1.82) is 0 Å². The van der Waals surface area contributed by atoms with Crippen LogP contribution in [0.2, 0.25) is 0 Å². The number of hydrogen-bond donors (Lipinski definition) is 0. The standard InChI is InChI=1S/C12H14O7/c1-2-15-8-9-16-12(14)18-19-17-11(13)10-6-4-3-5-7-10/h3-7H,2,8-9H2,1H3. The Morgan fingerprint density at radius 2 is 1.79 bits per heavy atom. The van der Waals surface area contributed by atoms with Crippen LogP contribution < -0.4 is 0 Å². The highest BCUT2D eigenvalue weighted by atomic mass is 17.5. The average Bonchev–Trinajstić information content (AvgIpc) is 2.44. The summed E-state index contributed by atoms with van der Waals surface area (Å²) in [4.78, 5) is 30.5. The maximum absolute atomic E-state index is 11.3. The molecule has 0 bridgehead atoms. The lowest BCUT2D eigenvalue weighted by Gasteiger charge is -2.04. The van der Waals surface area contributed by atoms with Gasteiger partial charge in [0.05, 0.1) is 17.2 Å². The minimum absolute atomic E-state index is 0.0165. The Hall–Kier alpha value is -2.12. The fraction of sp³-hybridized carbons (Fsp3) is 0.333. The third-order valence-corrected chi connectivity index (χ3v) is 1.87. The molecular formula is C12H14O7. The number of carbonyl (C=O) groups is 2. The van der Waals surface area contributed by atoms with Crippen molar-refractivity contribution in [3.63, 3.8) is 0 Å². The summed E-state index contributed by atoms with van der Waals surface area (Å²) in [6.07, 6.45) is -1.12. The summed E-state index contributed by atoms with van der Waals surface area (Å²) < 4.78 is 9.45. The SMILES string of the molecule is CCOCCOC(=O)OOOC(=O)c1ccccc1. The minimum Gasteiger partial charge on any atom is -0.430 e. The zero-order valence-electron chi connectivity index (χ0n) is 10.4. The minimum atomic E-state index is -1.12. The van der Waals surface area contributed by atoms with Gasteiger partial charge in [-0.2, -0.15) is 0 Å². The maximum atomic E-state index is 11.3. The lowest BCUT2D eigenvalue weighted by molar-refractivity contribution is -0.452. The summed E-state index contributed by atoms with van der Waals surface area (Å²) in [7, 11) is 0. The molecule has 0 spiro atoms. The summed E-state index contributed by atoms with van der Waals surface area (Å²) in [5.74, 6) is -0.789. The molecule has 7 nitrogen and oxygen atoms in total. The zero-order chi connectivity index (χ0) is 13.9. The largest absolute Gasteiger partial charge is 0.543 e. The van der Waals surface area contributed by atoms with Crippen molar-refractivity contribution in [3.05, 3.63) is 35.9 Å². The highest BCUT2D eigenvalue weighted by Crippen LogP contribution is 2.01. The number of hydrogen-bond acceptors (Lipinski definition) is 7.